The van der Waals surface area contributed by atoms with Crippen LogP contribution in [0.5, 0.6) is 5.75 Å². The molecular formula is C15H22O4S. The average Bonchev–Trinajstić information content (AvgIpc) is 2.44. The molecule has 0 bridgehead atoms. The van der Waals surface area contributed by atoms with E-state index in [1.807, 2.05) is 18.2 Å². The van der Waals surface area contributed by atoms with Gasteiger partial charge in [-0.1, -0.05) is 13.0 Å². The van der Waals surface area contributed by atoms with Gasteiger partial charge >= 0.3 is 0 Å². The lowest BCUT2D eigenvalue weighted by Gasteiger charge is -2.22. The van der Waals surface area contributed by atoms with E-state index in [1.54, 1.807) is 6.92 Å². The summed E-state index contributed by atoms with van der Waals surface area (Å²) < 4.78 is 28.3. The van der Waals surface area contributed by atoms with Crippen LogP contribution in [0.1, 0.15) is 43.4 Å². The number of benzene rings is 1. The van der Waals surface area contributed by atoms with Crippen LogP contribution in [-0.4, -0.2) is 31.6 Å². The third-order valence-corrected chi connectivity index (χ3v) is 5.50. The van der Waals surface area contributed by atoms with Crippen LogP contribution in [0.2, 0.25) is 0 Å². The predicted molar refractivity (Wildman–Crippen MR) is 78.8 cm³/mol. The Bertz CT molecular complexity index is 551. The number of sulfone groups is 1. The first-order valence-corrected chi connectivity index (χ1v) is 8.98. The maximum absolute atomic E-state index is 11.4. The lowest BCUT2D eigenvalue weighted by atomic mass is 9.89. The minimum Gasteiger partial charge on any atom is -0.494 e. The van der Waals surface area contributed by atoms with Crippen LogP contribution in [0.25, 0.3) is 0 Å². The van der Waals surface area contributed by atoms with Gasteiger partial charge in [0.05, 0.1) is 18.5 Å². The summed E-state index contributed by atoms with van der Waals surface area (Å²) >= 11 is 0. The molecule has 0 spiro atoms. The Morgan fingerprint density at radius 2 is 2.20 bits per heavy atom. The van der Waals surface area contributed by atoms with Crippen LogP contribution in [0.4, 0.5) is 0 Å². The quantitative estimate of drug-likeness (QED) is 0.818. The lowest BCUT2D eigenvalue weighted by Crippen LogP contribution is -2.12. The smallest absolute Gasteiger partial charge is 0.150 e. The molecule has 5 heteroatoms. The molecule has 0 heterocycles. The van der Waals surface area contributed by atoms with Crippen molar-refractivity contribution in [3.63, 3.8) is 0 Å². The van der Waals surface area contributed by atoms with Gasteiger partial charge in [-0.2, -0.15) is 0 Å². The van der Waals surface area contributed by atoms with E-state index in [1.165, 1.54) is 5.56 Å². The van der Waals surface area contributed by atoms with Crippen molar-refractivity contribution >= 4 is 9.84 Å². The van der Waals surface area contributed by atoms with Gasteiger partial charge in [0.15, 0.2) is 0 Å². The number of rotatable bonds is 6. The largest absolute Gasteiger partial charge is 0.494 e. The van der Waals surface area contributed by atoms with Crippen molar-refractivity contribution in [3.8, 4) is 5.75 Å². The highest BCUT2D eigenvalue weighted by Gasteiger charge is 2.18. The summed E-state index contributed by atoms with van der Waals surface area (Å²) in [4.78, 5) is 0. The molecule has 0 unspecified atom stereocenters. The fourth-order valence-electron chi connectivity index (χ4n) is 2.46. The third-order valence-electron chi connectivity index (χ3n) is 3.71. The van der Waals surface area contributed by atoms with E-state index >= 15 is 0 Å². The summed E-state index contributed by atoms with van der Waals surface area (Å²) in [5.41, 5.74) is 2.14. The summed E-state index contributed by atoms with van der Waals surface area (Å²) in [5, 5.41) is 9.96. The molecule has 0 aliphatic heterocycles. The lowest BCUT2D eigenvalue weighted by molar-refractivity contribution is 0.156. The van der Waals surface area contributed by atoms with Crippen LogP contribution in [0, 0.1) is 0 Å². The zero-order chi connectivity index (χ0) is 14.6. The highest BCUT2D eigenvalue weighted by atomic mass is 32.2. The van der Waals surface area contributed by atoms with Gasteiger partial charge in [-0.15, -0.1) is 0 Å². The topological polar surface area (TPSA) is 63.6 Å². The standard InChI is InChI=1S/C15H22O4S/c1-2-20(17,18)10-4-9-19-13-8-7-12-5-3-6-15(16)14(12)11-13/h7-8,11,15-16H,2-6,9-10H2,1H3/t15-/m1/s1. The molecule has 4 nitrogen and oxygen atoms in total. The monoisotopic (exact) mass is 298 g/mol. The van der Waals surface area contributed by atoms with Crippen molar-refractivity contribution in [2.75, 3.05) is 18.1 Å². The van der Waals surface area contributed by atoms with E-state index in [2.05, 4.69) is 0 Å². The Morgan fingerprint density at radius 1 is 1.40 bits per heavy atom. The fraction of sp³-hybridized carbons (Fsp3) is 0.600. The molecule has 112 valence electrons. The van der Waals surface area contributed by atoms with Gasteiger partial charge in [0.25, 0.3) is 0 Å². The number of aryl methyl sites for hydroxylation is 1. The molecule has 1 aromatic carbocycles. The van der Waals surface area contributed by atoms with Crippen LogP contribution in [0.3, 0.4) is 0 Å². The Hall–Kier alpha value is -1.07. The Morgan fingerprint density at radius 3 is 2.95 bits per heavy atom. The molecule has 1 atom stereocenters. The molecular weight excluding hydrogens is 276 g/mol. The maximum atomic E-state index is 11.4. The number of fused-ring (bicyclic) bond motifs is 1. The van der Waals surface area contributed by atoms with Gasteiger partial charge in [0.1, 0.15) is 15.6 Å². The fourth-order valence-corrected chi connectivity index (χ4v) is 3.30. The van der Waals surface area contributed by atoms with Crippen molar-refractivity contribution in [2.45, 2.75) is 38.7 Å². The van der Waals surface area contributed by atoms with Crippen LogP contribution < -0.4 is 4.74 Å². The summed E-state index contributed by atoms with van der Waals surface area (Å²) in [6.45, 7) is 2.04. The zero-order valence-corrected chi connectivity index (χ0v) is 12.7. The van der Waals surface area contributed by atoms with E-state index in [9.17, 15) is 13.5 Å². The predicted octanol–water partition coefficient (Wildman–Crippen LogP) is 2.26. The van der Waals surface area contributed by atoms with E-state index in [-0.39, 0.29) is 11.5 Å². The van der Waals surface area contributed by atoms with E-state index in [0.29, 0.717) is 18.8 Å². The normalized spacial score (nSPS) is 18.6. The second-order valence-corrected chi connectivity index (χ2v) is 7.68. The van der Waals surface area contributed by atoms with Gasteiger partial charge in [0.2, 0.25) is 0 Å². The molecule has 0 amide bonds. The first-order chi connectivity index (χ1) is 9.52. The second-order valence-electron chi connectivity index (χ2n) is 5.21. The molecule has 0 aromatic heterocycles. The molecule has 20 heavy (non-hydrogen) atoms. The van der Waals surface area contributed by atoms with Crippen LogP contribution >= 0.6 is 0 Å². The summed E-state index contributed by atoms with van der Waals surface area (Å²) in [6, 6.07) is 5.77. The van der Waals surface area contributed by atoms with Gasteiger partial charge in [-0.25, -0.2) is 8.42 Å². The molecule has 1 aromatic rings. The molecule has 2 rings (SSSR count). The van der Waals surface area contributed by atoms with Crippen LogP contribution in [-0.2, 0) is 16.3 Å². The Labute approximate surface area is 120 Å². The van der Waals surface area contributed by atoms with Gasteiger partial charge in [0, 0.05) is 5.75 Å². The Balaban J connectivity index is 1.89. The van der Waals surface area contributed by atoms with Crippen molar-refractivity contribution in [1.82, 2.24) is 0 Å². The van der Waals surface area contributed by atoms with Crippen molar-refractivity contribution < 1.29 is 18.3 Å². The summed E-state index contributed by atoms with van der Waals surface area (Å²) in [5.74, 6) is 1.05. The third kappa shape index (κ3) is 3.96. The SMILES string of the molecule is CCS(=O)(=O)CCCOc1ccc2c(c1)[C@H](O)CCC2. The van der Waals surface area contributed by atoms with Crippen molar-refractivity contribution in [3.05, 3.63) is 29.3 Å². The van der Waals surface area contributed by atoms with Gasteiger partial charge in [-0.3, -0.25) is 0 Å². The van der Waals surface area contributed by atoms with Crippen molar-refractivity contribution in [1.29, 1.82) is 0 Å². The molecule has 0 radical (unpaired) electrons. The maximum Gasteiger partial charge on any atom is 0.150 e. The van der Waals surface area contributed by atoms with E-state index in [0.717, 1.165) is 24.8 Å². The zero-order valence-electron chi connectivity index (χ0n) is 11.8. The summed E-state index contributed by atoms with van der Waals surface area (Å²) in [6.07, 6.45) is 2.91. The van der Waals surface area contributed by atoms with Crippen LogP contribution in [0.15, 0.2) is 18.2 Å². The molecule has 1 aliphatic rings. The minimum absolute atomic E-state index is 0.164. The van der Waals surface area contributed by atoms with Crippen molar-refractivity contribution in [2.24, 2.45) is 0 Å². The second kappa shape index (κ2) is 6.59. The van der Waals surface area contributed by atoms with Gasteiger partial charge < -0.3 is 9.84 Å². The van der Waals surface area contributed by atoms with E-state index < -0.39 is 15.9 Å². The molecule has 0 fully saturated rings. The highest BCUT2D eigenvalue weighted by molar-refractivity contribution is 7.91. The molecule has 0 saturated carbocycles. The number of ether oxygens (including phenoxy) is 1. The molecule has 0 saturated heterocycles. The number of aliphatic hydroxyl groups excluding tert-OH is 1. The average molecular weight is 298 g/mol. The number of hydrogen-bond acceptors (Lipinski definition) is 4. The first kappa shape index (κ1) is 15.3. The minimum atomic E-state index is -2.92. The summed E-state index contributed by atoms with van der Waals surface area (Å²) in [7, 11) is -2.92. The number of aliphatic hydroxyl groups is 1. The molecule has 1 aliphatic carbocycles. The molecule has 1 N–H and O–H groups in total. The first-order valence-electron chi connectivity index (χ1n) is 7.16. The Kier molecular flexibility index (Phi) is 5.05. The van der Waals surface area contributed by atoms with E-state index in [4.69, 9.17) is 4.74 Å². The van der Waals surface area contributed by atoms with Gasteiger partial charge in [-0.05, 0) is 48.9 Å². The number of hydrogen-bond donors (Lipinski definition) is 1. The highest BCUT2D eigenvalue weighted by Crippen LogP contribution is 2.32.